The molecule has 0 unspecified atom stereocenters. The van der Waals surface area contributed by atoms with Gasteiger partial charge in [-0.15, -0.1) is 0 Å². The molecule has 108 valence electrons. The molecule has 4 fully saturated rings. The van der Waals surface area contributed by atoms with Crippen molar-refractivity contribution in [3.8, 4) is 0 Å². The molecule has 0 aromatic carbocycles. The van der Waals surface area contributed by atoms with E-state index in [9.17, 15) is 10.2 Å². The molecular formula is C13H20O6. The van der Waals surface area contributed by atoms with Crippen molar-refractivity contribution in [1.82, 2.24) is 0 Å². The molecule has 7 atom stereocenters. The lowest BCUT2D eigenvalue weighted by atomic mass is 9.63. The van der Waals surface area contributed by atoms with E-state index >= 15 is 0 Å². The molecule has 6 heteroatoms. The first-order valence-electron chi connectivity index (χ1n) is 7.04. The van der Waals surface area contributed by atoms with Crippen molar-refractivity contribution in [2.24, 2.45) is 17.8 Å². The zero-order valence-electron chi connectivity index (χ0n) is 10.9. The molecule has 2 N–H and O–H groups in total. The maximum atomic E-state index is 10.2. The number of hydrogen-bond donors (Lipinski definition) is 2. The van der Waals surface area contributed by atoms with Crippen molar-refractivity contribution < 1.29 is 29.2 Å². The quantitative estimate of drug-likeness (QED) is 0.618. The zero-order chi connectivity index (χ0) is 13.2. The smallest absolute Gasteiger partial charge is 0.224 e. The molecule has 0 aromatic heterocycles. The highest BCUT2D eigenvalue weighted by Gasteiger charge is 2.67. The molecule has 1 saturated carbocycles. The van der Waals surface area contributed by atoms with Crippen LogP contribution in [-0.2, 0) is 18.9 Å². The molecule has 0 aromatic rings. The van der Waals surface area contributed by atoms with Crippen molar-refractivity contribution in [2.45, 2.75) is 43.7 Å². The summed E-state index contributed by atoms with van der Waals surface area (Å²) < 4.78 is 23.3. The second-order valence-corrected chi connectivity index (χ2v) is 6.10. The van der Waals surface area contributed by atoms with Gasteiger partial charge in [-0.1, -0.05) is 6.92 Å². The monoisotopic (exact) mass is 272 g/mol. The lowest BCUT2D eigenvalue weighted by molar-refractivity contribution is -0.359. The van der Waals surface area contributed by atoms with Crippen LogP contribution in [0.4, 0.5) is 0 Å². The van der Waals surface area contributed by atoms with E-state index in [2.05, 4.69) is 0 Å². The van der Waals surface area contributed by atoms with Crippen molar-refractivity contribution >= 4 is 0 Å². The Morgan fingerprint density at radius 3 is 2.63 bits per heavy atom. The fraction of sp³-hybridized carbons (Fsp3) is 1.00. The first kappa shape index (κ1) is 12.5. The van der Waals surface area contributed by atoms with Crippen LogP contribution in [-0.4, -0.2) is 60.4 Å². The molecule has 4 aliphatic rings. The Hall–Kier alpha value is -0.240. The Kier molecular flexibility index (Phi) is 2.72. The Labute approximate surface area is 111 Å². The molecule has 19 heavy (non-hydrogen) atoms. The van der Waals surface area contributed by atoms with Crippen LogP contribution in [0.5, 0.6) is 0 Å². The fourth-order valence-electron chi connectivity index (χ4n) is 4.35. The molecule has 3 heterocycles. The minimum absolute atomic E-state index is 0.000324. The number of aliphatic hydroxyl groups excluding tert-OH is 2. The number of fused-ring (bicyclic) bond motifs is 6. The highest BCUT2D eigenvalue weighted by molar-refractivity contribution is 5.06. The summed E-state index contributed by atoms with van der Waals surface area (Å²) in [6.45, 7) is 3.49. The standard InChI is InChI=1S/C13H20O6/c1-6-10-7(4-8(14)11(6)15)9-5-16-12(19-9)13(10)17-2-3-18-13/h6-12,14-15H,2-5H2,1H3/t6-,7+,8-,9+,10+,11+,12+/m0/s1. The summed E-state index contributed by atoms with van der Waals surface area (Å²) >= 11 is 0. The number of rotatable bonds is 0. The van der Waals surface area contributed by atoms with Crippen LogP contribution < -0.4 is 0 Å². The van der Waals surface area contributed by atoms with Crippen molar-refractivity contribution in [3.63, 3.8) is 0 Å². The summed E-state index contributed by atoms with van der Waals surface area (Å²) in [6.07, 6.45) is -1.49. The van der Waals surface area contributed by atoms with Gasteiger partial charge in [0.05, 0.1) is 38.1 Å². The SMILES string of the molecule is C[C@@H]1[C@@H](O)[C@@H](O)C[C@H]2[C@@H]1C1(OCCO1)[C@@H]1OC[C@H]2O1. The highest BCUT2D eigenvalue weighted by Crippen LogP contribution is 2.54. The van der Waals surface area contributed by atoms with Crippen LogP contribution in [0.2, 0.25) is 0 Å². The topological polar surface area (TPSA) is 77.4 Å². The molecule has 1 spiro atoms. The lowest BCUT2D eigenvalue weighted by Gasteiger charge is -2.53. The Bertz CT molecular complexity index is 368. The molecule has 6 nitrogen and oxygen atoms in total. The summed E-state index contributed by atoms with van der Waals surface area (Å²) in [4.78, 5) is 0. The molecule has 0 radical (unpaired) electrons. The Morgan fingerprint density at radius 2 is 1.89 bits per heavy atom. The molecule has 3 saturated heterocycles. The normalized spacial score (nSPS) is 55.4. The first-order valence-corrected chi connectivity index (χ1v) is 7.04. The van der Waals surface area contributed by atoms with E-state index in [1.165, 1.54) is 0 Å². The van der Waals surface area contributed by atoms with Crippen LogP contribution in [0.1, 0.15) is 13.3 Å². The lowest BCUT2D eigenvalue weighted by Crippen LogP contribution is -2.64. The largest absolute Gasteiger partial charge is 0.390 e. The van der Waals surface area contributed by atoms with Gasteiger partial charge < -0.3 is 29.2 Å². The molecule has 4 rings (SSSR count). The minimum Gasteiger partial charge on any atom is -0.390 e. The van der Waals surface area contributed by atoms with Gasteiger partial charge in [0.15, 0.2) is 0 Å². The van der Waals surface area contributed by atoms with E-state index in [0.717, 1.165) is 0 Å². The van der Waals surface area contributed by atoms with Gasteiger partial charge in [-0.3, -0.25) is 0 Å². The third-order valence-corrected chi connectivity index (χ3v) is 5.19. The van der Waals surface area contributed by atoms with Gasteiger partial charge in [0.25, 0.3) is 0 Å². The van der Waals surface area contributed by atoms with E-state index in [1.807, 2.05) is 6.92 Å². The summed E-state index contributed by atoms with van der Waals surface area (Å²) in [5, 5.41) is 20.2. The zero-order valence-corrected chi connectivity index (χ0v) is 10.9. The Balaban J connectivity index is 1.75. The van der Waals surface area contributed by atoms with E-state index in [4.69, 9.17) is 18.9 Å². The first-order chi connectivity index (χ1) is 9.13. The van der Waals surface area contributed by atoms with Crippen molar-refractivity contribution in [1.29, 1.82) is 0 Å². The van der Waals surface area contributed by atoms with E-state index in [0.29, 0.717) is 26.2 Å². The minimum atomic E-state index is -0.905. The predicted molar refractivity (Wildman–Crippen MR) is 62.0 cm³/mol. The van der Waals surface area contributed by atoms with Gasteiger partial charge in [-0.2, -0.15) is 0 Å². The van der Waals surface area contributed by atoms with Gasteiger partial charge in [-0.25, -0.2) is 0 Å². The fourth-order valence-corrected chi connectivity index (χ4v) is 4.35. The van der Waals surface area contributed by atoms with Crippen LogP contribution >= 0.6 is 0 Å². The number of aliphatic hydroxyl groups is 2. The van der Waals surface area contributed by atoms with Crippen molar-refractivity contribution in [2.75, 3.05) is 19.8 Å². The van der Waals surface area contributed by atoms with Crippen LogP contribution in [0.3, 0.4) is 0 Å². The molecule has 2 bridgehead atoms. The maximum Gasteiger partial charge on any atom is 0.224 e. The average Bonchev–Trinajstić information content (AvgIpc) is 3.01. The summed E-state index contributed by atoms with van der Waals surface area (Å²) in [5.74, 6) is -0.912. The predicted octanol–water partition coefficient (Wildman–Crippen LogP) is -0.521. The van der Waals surface area contributed by atoms with Gasteiger partial charge in [0.1, 0.15) is 0 Å². The van der Waals surface area contributed by atoms with Crippen LogP contribution in [0.15, 0.2) is 0 Å². The second-order valence-electron chi connectivity index (χ2n) is 6.10. The van der Waals surface area contributed by atoms with Crippen LogP contribution in [0.25, 0.3) is 0 Å². The number of ether oxygens (including phenoxy) is 4. The maximum absolute atomic E-state index is 10.2. The third kappa shape index (κ3) is 1.53. The second kappa shape index (κ2) is 4.13. The summed E-state index contributed by atoms with van der Waals surface area (Å²) in [6, 6.07) is 0. The van der Waals surface area contributed by atoms with E-state index < -0.39 is 24.3 Å². The van der Waals surface area contributed by atoms with Crippen LogP contribution in [0, 0.1) is 17.8 Å². The van der Waals surface area contributed by atoms with Gasteiger partial charge in [0, 0.05) is 5.92 Å². The molecule has 3 aliphatic heterocycles. The summed E-state index contributed by atoms with van der Waals surface area (Å²) in [5.41, 5.74) is 0. The molecule has 0 amide bonds. The van der Waals surface area contributed by atoms with Gasteiger partial charge in [0.2, 0.25) is 12.1 Å². The Morgan fingerprint density at radius 1 is 1.16 bits per heavy atom. The average molecular weight is 272 g/mol. The van der Waals surface area contributed by atoms with Gasteiger partial charge in [-0.05, 0) is 18.3 Å². The van der Waals surface area contributed by atoms with E-state index in [1.54, 1.807) is 0 Å². The molecule has 1 aliphatic carbocycles. The van der Waals surface area contributed by atoms with Gasteiger partial charge >= 0.3 is 0 Å². The van der Waals surface area contributed by atoms with Crippen molar-refractivity contribution in [3.05, 3.63) is 0 Å². The summed E-state index contributed by atoms with van der Waals surface area (Å²) in [7, 11) is 0. The van der Waals surface area contributed by atoms with E-state index in [-0.39, 0.29) is 23.9 Å². The number of hydrogen-bond acceptors (Lipinski definition) is 6. The molecular weight excluding hydrogens is 252 g/mol. The third-order valence-electron chi connectivity index (χ3n) is 5.19. The highest BCUT2D eigenvalue weighted by atomic mass is 16.8.